The van der Waals surface area contributed by atoms with Crippen LogP contribution >= 0.6 is 0 Å². The Hall–Kier alpha value is -0.650. The lowest BCUT2D eigenvalue weighted by molar-refractivity contribution is 0.439. The molecule has 0 saturated heterocycles. The molecule has 134 valence electrons. The predicted molar refractivity (Wildman–Crippen MR) is 108 cm³/mol. The van der Waals surface area contributed by atoms with Gasteiger partial charge in [0.25, 0.3) is 0 Å². The van der Waals surface area contributed by atoms with Gasteiger partial charge in [-0.1, -0.05) is 51.3 Å². The Morgan fingerprint density at radius 2 is 1.70 bits per heavy atom. The van der Waals surface area contributed by atoms with Crippen LogP contribution in [0, 0.1) is 17.8 Å². The molecule has 0 aliphatic carbocycles. The van der Waals surface area contributed by atoms with Crippen LogP contribution in [0.3, 0.4) is 0 Å². The van der Waals surface area contributed by atoms with Gasteiger partial charge in [-0.25, -0.2) is 0 Å². The van der Waals surface area contributed by atoms with Gasteiger partial charge in [0.2, 0.25) is 0 Å². The van der Waals surface area contributed by atoms with Crippen molar-refractivity contribution >= 4 is 0 Å². The van der Waals surface area contributed by atoms with E-state index in [4.69, 9.17) is 0 Å². The highest BCUT2D eigenvalue weighted by atomic mass is 14.3. The summed E-state index contributed by atoms with van der Waals surface area (Å²) in [4.78, 5) is 0. The van der Waals surface area contributed by atoms with E-state index in [0.29, 0.717) is 0 Å². The lowest BCUT2D eigenvalue weighted by atomic mass is 9.77. The van der Waals surface area contributed by atoms with Gasteiger partial charge < -0.3 is 0 Å². The highest BCUT2D eigenvalue weighted by molar-refractivity contribution is 5.19. The maximum atomic E-state index is 2.41. The van der Waals surface area contributed by atoms with E-state index in [1.165, 1.54) is 57.8 Å². The Morgan fingerprint density at radius 3 is 2.26 bits per heavy atom. The second-order valence-corrected chi connectivity index (χ2v) is 7.49. The quantitative estimate of drug-likeness (QED) is 0.182. The first kappa shape index (κ1) is 22.4. The van der Waals surface area contributed by atoms with E-state index < -0.39 is 0 Å². The minimum atomic E-state index is 0.722. The molecule has 23 heavy (non-hydrogen) atoms. The lowest BCUT2D eigenvalue weighted by Crippen LogP contribution is -2.15. The van der Waals surface area contributed by atoms with Crippen molar-refractivity contribution in [2.24, 2.45) is 11.8 Å². The van der Waals surface area contributed by atoms with Crippen LogP contribution in [0.5, 0.6) is 0 Å². The van der Waals surface area contributed by atoms with Crippen LogP contribution in [0.25, 0.3) is 0 Å². The molecule has 0 fully saturated rings. The molecular formula is C23H43+. The van der Waals surface area contributed by atoms with Crippen LogP contribution in [-0.2, 0) is 0 Å². The minimum Gasteiger partial charge on any atom is -0.0917 e. The van der Waals surface area contributed by atoms with Crippen LogP contribution in [0.2, 0.25) is 0 Å². The molecule has 0 aromatic heterocycles. The zero-order valence-corrected chi connectivity index (χ0v) is 17.2. The van der Waals surface area contributed by atoms with Crippen molar-refractivity contribution in [1.29, 1.82) is 0 Å². The predicted octanol–water partition coefficient (Wildman–Crippen LogP) is 8.30. The van der Waals surface area contributed by atoms with Gasteiger partial charge in [0.1, 0.15) is 5.92 Å². The molecule has 0 radical (unpaired) electrons. The van der Waals surface area contributed by atoms with Gasteiger partial charge in [0.05, 0.1) is 19.3 Å². The molecule has 0 heteroatoms. The smallest absolute Gasteiger partial charge is 0.0917 e. The van der Waals surface area contributed by atoms with E-state index in [1.54, 1.807) is 17.1 Å². The highest BCUT2D eigenvalue weighted by Crippen LogP contribution is 2.35. The van der Waals surface area contributed by atoms with Crippen molar-refractivity contribution in [1.82, 2.24) is 0 Å². The van der Waals surface area contributed by atoms with Gasteiger partial charge in [-0.05, 0) is 70.8 Å². The number of unbranched alkanes of at least 4 members (excludes halogenated alkanes) is 4. The Balaban J connectivity index is 4.50. The Morgan fingerprint density at radius 1 is 1.04 bits per heavy atom. The van der Waals surface area contributed by atoms with Crippen LogP contribution < -0.4 is 0 Å². The second-order valence-electron chi connectivity index (χ2n) is 7.49. The van der Waals surface area contributed by atoms with E-state index in [-0.39, 0.29) is 0 Å². The average molecular weight is 320 g/mol. The summed E-state index contributed by atoms with van der Waals surface area (Å²) < 4.78 is 0. The number of rotatable bonds is 13. The second kappa shape index (κ2) is 13.8. The zero-order chi connectivity index (χ0) is 17.7. The van der Waals surface area contributed by atoms with Gasteiger partial charge in [0.15, 0.2) is 0 Å². The molecule has 2 atom stereocenters. The largest absolute Gasteiger partial charge is 0.121 e. The summed E-state index contributed by atoms with van der Waals surface area (Å²) >= 11 is 0. The third-order valence-electron chi connectivity index (χ3n) is 5.54. The molecule has 0 rings (SSSR count). The standard InChI is InChI=1S/C23H43/c1-8-11-12-13-14-15-16-17-23(22(7)20(5)10-3)21(6)18-19(4)9-2/h8,11,19,23H,9-10,12-18H2,1-7H3/q+1/b11-8-,22-20-. The van der Waals surface area contributed by atoms with Gasteiger partial charge in [-0.15, -0.1) is 0 Å². The molecule has 0 spiro atoms. The number of allylic oxidation sites excluding steroid dienone is 4. The fourth-order valence-electron chi connectivity index (χ4n) is 3.38. The first-order valence-electron chi connectivity index (χ1n) is 10.1. The van der Waals surface area contributed by atoms with Crippen LogP contribution in [-0.4, -0.2) is 0 Å². The Labute approximate surface area is 147 Å². The lowest BCUT2D eigenvalue weighted by Gasteiger charge is -2.20. The fraction of sp³-hybridized carbons (Fsp3) is 0.783. The fourth-order valence-corrected chi connectivity index (χ4v) is 3.38. The summed E-state index contributed by atoms with van der Waals surface area (Å²) in [5.74, 6) is 3.27. The summed E-state index contributed by atoms with van der Waals surface area (Å²) in [6.07, 6.45) is 16.4. The Kier molecular flexibility index (Phi) is 13.4. The maximum absolute atomic E-state index is 2.41. The molecule has 0 aliphatic rings. The number of hydrogen-bond donors (Lipinski definition) is 0. The minimum absolute atomic E-state index is 0.722. The van der Waals surface area contributed by atoms with Crippen molar-refractivity contribution in [2.45, 2.75) is 106 Å². The van der Waals surface area contributed by atoms with Gasteiger partial charge in [-0.3, -0.25) is 0 Å². The van der Waals surface area contributed by atoms with Gasteiger partial charge >= 0.3 is 0 Å². The SMILES string of the molecule is C/C=C\CCCCCCC(/C(C)=C(/C)CC)[C+](C)CC(C)CC. The first-order valence-corrected chi connectivity index (χ1v) is 10.1. The molecule has 0 N–H and O–H groups in total. The van der Waals surface area contributed by atoms with E-state index in [2.05, 4.69) is 60.6 Å². The van der Waals surface area contributed by atoms with Crippen molar-refractivity contribution in [3.05, 3.63) is 29.2 Å². The molecule has 0 aromatic carbocycles. The normalized spacial score (nSPS) is 15.6. The summed E-state index contributed by atoms with van der Waals surface area (Å²) in [6, 6.07) is 0. The number of hydrogen-bond acceptors (Lipinski definition) is 0. The van der Waals surface area contributed by atoms with Crippen LogP contribution in [0.1, 0.15) is 106 Å². The molecule has 0 amide bonds. The van der Waals surface area contributed by atoms with E-state index in [0.717, 1.165) is 11.8 Å². The molecular weight excluding hydrogens is 276 g/mol. The molecule has 0 heterocycles. The van der Waals surface area contributed by atoms with Crippen molar-refractivity contribution in [3.63, 3.8) is 0 Å². The highest BCUT2D eigenvalue weighted by Gasteiger charge is 2.30. The molecule has 0 aliphatic heterocycles. The summed E-state index contributed by atoms with van der Waals surface area (Å²) in [5.41, 5.74) is 3.26. The third kappa shape index (κ3) is 9.95. The molecule has 0 bridgehead atoms. The first-order chi connectivity index (χ1) is 11.0. The van der Waals surface area contributed by atoms with Crippen molar-refractivity contribution < 1.29 is 0 Å². The molecule has 0 aromatic rings. The summed E-state index contributed by atoms with van der Waals surface area (Å²) in [5, 5.41) is 0. The van der Waals surface area contributed by atoms with Crippen molar-refractivity contribution in [3.8, 4) is 0 Å². The van der Waals surface area contributed by atoms with E-state index in [9.17, 15) is 0 Å². The molecule has 0 nitrogen and oxygen atoms in total. The monoisotopic (exact) mass is 319 g/mol. The van der Waals surface area contributed by atoms with Gasteiger partial charge in [-0.2, -0.15) is 0 Å². The van der Waals surface area contributed by atoms with Crippen LogP contribution in [0.15, 0.2) is 23.3 Å². The zero-order valence-electron chi connectivity index (χ0n) is 17.2. The summed E-state index contributed by atoms with van der Waals surface area (Å²) in [6.45, 7) is 16.2. The molecule has 2 unspecified atom stereocenters. The maximum Gasteiger partial charge on any atom is 0.121 e. The summed E-state index contributed by atoms with van der Waals surface area (Å²) in [7, 11) is 0. The van der Waals surface area contributed by atoms with Gasteiger partial charge in [0, 0.05) is 0 Å². The van der Waals surface area contributed by atoms with E-state index in [1.807, 2.05) is 0 Å². The van der Waals surface area contributed by atoms with Crippen molar-refractivity contribution in [2.75, 3.05) is 0 Å². The average Bonchev–Trinajstić information content (AvgIpc) is 2.55. The topological polar surface area (TPSA) is 0 Å². The third-order valence-corrected chi connectivity index (χ3v) is 5.54. The van der Waals surface area contributed by atoms with Crippen LogP contribution in [0.4, 0.5) is 0 Å². The Bertz CT molecular complexity index is 334. The molecule has 0 saturated carbocycles. The van der Waals surface area contributed by atoms with E-state index >= 15 is 0 Å².